The highest BCUT2D eigenvalue weighted by molar-refractivity contribution is 9.10. The number of nitrogens with zero attached hydrogens (tertiary/aromatic N) is 1. The number of carbonyl (C=O) groups is 3. The third-order valence-corrected chi connectivity index (χ3v) is 10.1. The number of Topliss-reactive ketones (excluding diaryl/α,β-unsaturated/α-hetero) is 2. The number of hydrogen-bond donors (Lipinski definition) is 1. The molecular weight excluding hydrogens is 676 g/mol. The van der Waals surface area contributed by atoms with Crippen LogP contribution in [0, 0.1) is 10.8 Å². The SMILES string of the molecule is CC1(C)CC(=O)C2=C(C1)N(CCc1ccccc1)C1=C(C(=O)CC(C)(C)C1)C2c1ccc(OCC(=O)Nc2ccc(Cl)cc2)c(Br)c1. The van der Waals surface area contributed by atoms with Crippen LogP contribution >= 0.6 is 27.5 Å². The van der Waals surface area contributed by atoms with Gasteiger partial charge < -0.3 is 15.0 Å². The largest absolute Gasteiger partial charge is 0.483 e. The summed E-state index contributed by atoms with van der Waals surface area (Å²) >= 11 is 9.61. The van der Waals surface area contributed by atoms with Crippen molar-refractivity contribution in [2.45, 2.75) is 65.7 Å². The second-order valence-electron chi connectivity index (χ2n) is 14.5. The number of anilines is 1. The van der Waals surface area contributed by atoms with Crippen LogP contribution in [-0.2, 0) is 20.8 Å². The van der Waals surface area contributed by atoms with Gasteiger partial charge in [0.15, 0.2) is 18.2 Å². The summed E-state index contributed by atoms with van der Waals surface area (Å²) in [6, 6.07) is 22.9. The molecule has 3 aromatic carbocycles. The number of ether oxygens (including phenoxy) is 1. The lowest BCUT2D eigenvalue weighted by atomic mass is 9.63. The van der Waals surface area contributed by atoms with Gasteiger partial charge in [0.2, 0.25) is 0 Å². The molecule has 0 unspecified atom stereocenters. The van der Waals surface area contributed by atoms with Gasteiger partial charge in [-0.2, -0.15) is 0 Å². The molecule has 244 valence electrons. The van der Waals surface area contributed by atoms with Gasteiger partial charge in [-0.15, -0.1) is 0 Å². The van der Waals surface area contributed by atoms with E-state index in [2.05, 4.69) is 78.1 Å². The van der Waals surface area contributed by atoms with Crippen LogP contribution in [0.1, 0.15) is 70.4 Å². The van der Waals surface area contributed by atoms with Crippen molar-refractivity contribution in [2.75, 3.05) is 18.5 Å². The quantitative estimate of drug-likeness (QED) is 0.252. The first kappa shape index (κ1) is 33.2. The van der Waals surface area contributed by atoms with E-state index in [0.29, 0.717) is 40.3 Å². The normalized spacial score (nSPS) is 19.0. The highest BCUT2D eigenvalue weighted by Crippen LogP contribution is 2.54. The lowest BCUT2D eigenvalue weighted by Crippen LogP contribution is -2.45. The van der Waals surface area contributed by atoms with Gasteiger partial charge in [-0.25, -0.2) is 0 Å². The Morgan fingerprint density at radius 3 is 2.04 bits per heavy atom. The van der Waals surface area contributed by atoms with Gasteiger partial charge >= 0.3 is 0 Å². The summed E-state index contributed by atoms with van der Waals surface area (Å²) in [5.74, 6) is -0.0628. The highest BCUT2D eigenvalue weighted by Gasteiger charge is 2.48. The standard InChI is InChI=1S/C39H40BrClN2O4/c1-38(2)19-29-36(31(44)21-38)35(25-10-15-33(28(40)18-25)47-23-34(46)42-27-13-11-26(41)12-14-27)37-30(20-39(3,4)22-32(37)45)43(29)17-16-24-8-6-5-7-9-24/h5-15,18,35H,16-17,19-23H2,1-4H3,(H,42,46). The Morgan fingerprint density at radius 1 is 0.872 bits per heavy atom. The molecule has 0 aromatic heterocycles. The van der Waals surface area contributed by atoms with Crippen LogP contribution in [0.2, 0.25) is 5.02 Å². The molecule has 3 aromatic rings. The van der Waals surface area contributed by atoms with Crippen molar-refractivity contribution in [3.8, 4) is 5.75 Å². The number of hydrogen-bond acceptors (Lipinski definition) is 5. The fourth-order valence-electron chi connectivity index (χ4n) is 7.22. The molecule has 2 aliphatic carbocycles. The zero-order valence-corrected chi connectivity index (χ0v) is 29.6. The van der Waals surface area contributed by atoms with Gasteiger partial charge in [-0.05, 0) is 93.5 Å². The molecule has 1 amide bonds. The van der Waals surface area contributed by atoms with E-state index in [9.17, 15) is 14.4 Å². The first-order chi connectivity index (χ1) is 22.3. The van der Waals surface area contributed by atoms with Gasteiger partial charge in [-0.3, -0.25) is 14.4 Å². The van der Waals surface area contributed by atoms with Crippen molar-refractivity contribution in [3.63, 3.8) is 0 Å². The van der Waals surface area contributed by atoms with Crippen molar-refractivity contribution in [1.82, 2.24) is 4.90 Å². The van der Waals surface area contributed by atoms with Crippen molar-refractivity contribution >= 4 is 50.7 Å². The van der Waals surface area contributed by atoms with Crippen molar-refractivity contribution in [1.29, 1.82) is 0 Å². The van der Waals surface area contributed by atoms with E-state index in [1.54, 1.807) is 24.3 Å². The molecule has 0 bridgehead atoms. The predicted molar refractivity (Wildman–Crippen MR) is 189 cm³/mol. The average molecular weight is 716 g/mol. The van der Waals surface area contributed by atoms with E-state index in [1.165, 1.54) is 5.56 Å². The monoisotopic (exact) mass is 714 g/mol. The van der Waals surface area contributed by atoms with E-state index in [0.717, 1.165) is 47.4 Å². The number of amides is 1. The first-order valence-corrected chi connectivity index (χ1v) is 17.3. The summed E-state index contributed by atoms with van der Waals surface area (Å²) in [4.78, 5) is 43.2. The van der Waals surface area contributed by atoms with Crippen LogP contribution in [0.25, 0.3) is 0 Å². The van der Waals surface area contributed by atoms with Crippen LogP contribution in [0.3, 0.4) is 0 Å². The summed E-state index contributed by atoms with van der Waals surface area (Å²) in [5.41, 5.74) is 5.91. The summed E-state index contributed by atoms with van der Waals surface area (Å²) in [7, 11) is 0. The summed E-state index contributed by atoms with van der Waals surface area (Å²) in [6.45, 7) is 9.15. The summed E-state index contributed by atoms with van der Waals surface area (Å²) < 4.78 is 6.54. The van der Waals surface area contributed by atoms with Crippen molar-refractivity contribution < 1.29 is 19.1 Å². The topological polar surface area (TPSA) is 75.7 Å². The maximum absolute atomic E-state index is 14.1. The number of ketones is 2. The average Bonchev–Trinajstić information content (AvgIpc) is 2.99. The second kappa shape index (κ2) is 13.1. The minimum absolute atomic E-state index is 0.102. The Balaban J connectivity index is 1.35. The van der Waals surface area contributed by atoms with Gasteiger partial charge in [-0.1, -0.05) is 75.7 Å². The molecule has 0 fully saturated rings. The van der Waals surface area contributed by atoms with Gasteiger partial charge in [0.25, 0.3) is 5.91 Å². The molecule has 8 heteroatoms. The number of carbonyl (C=O) groups excluding carboxylic acids is 3. The summed E-state index contributed by atoms with van der Waals surface area (Å²) in [6.07, 6.45) is 3.20. The molecule has 1 N–H and O–H groups in total. The van der Waals surface area contributed by atoms with Crippen LogP contribution in [0.5, 0.6) is 5.75 Å². The third kappa shape index (κ3) is 7.26. The molecule has 0 saturated heterocycles. The first-order valence-electron chi connectivity index (χ1n) is 16.1. The molecule has 0 radical (unpaired) electrons. The van der Waals surface area contributed by atoms with Crippen molar-refractivity contribution in [3.05, 3.63) is 116 Å². The number of nitrogens with one attached hydrogen (secondary N) is 1. The molecule has 3 aliphatic rings. The summed E-state index contributed by atoms with van der Waals surface area (Å²) in [5, 5.41) is 3.39. The van der Waals surface area contributed by atoms with Gasteiger partial charge in [0.05, 0.1) is 4.47 Å². The molecule has 1 heterocycles. The minimum Gasteiger partial charge on any atom is -0.483 e. The Bertz CT molecular complexity index is 1740. The Hall–Kier alpha value is -3.68. The van der Waals surface area contributed by atoms with E-state index in [1.807, 2.05) is 24.3 Å². The Kier molecular flexibility index (Phi) is 9.25. The predicted octanol–water partition coefficient (Wildman–Crippen LogP) is 9.05. The van der Waals surface area contributed by atoms with Crippen LogP contribution in [0.15, 0.2) is 99.8 Å². The van der Waals surface area contributed by atoms with Gasteiger partial charge in [0.1, 0.15) is 5.75 Å². The molecule has 47 heavy (non-hydrogen) atoms. The van der Waals surface area contributed by atoms with Crippen LogP contribution in [-0.4, -0.2) is 35.5 Å². The lowest BCUT2D eigenvalue weighted by Gasteiger charge is -2.49. The van der Waals surface area contributed by atoms with E-state index < -0.39 is 5.92 Å². The number of benzene rings is 3. The van der Waals surface area contributed by atoms with Gasteiger partial charge in [0, 0.05) is 58.6 Å². The highest BCUT2D eigenvalue weighted by atomic mass is 79.9. The van der Waals surface area contributed by atoms with E-state index in [4.69, 9.17) is 16.3 Å². The molecule has 0 spiro atoms. The Morgan fingerprint density at radius 2 is 1.47 bits per heavy atom. The second-order valence-corrected chi connectivity index (χ2v) is 15.7. The zero-order chi connectivity index (χ0) is 33.5. The van der Waals surface area contributed by atoms with Crippen LogP contribution < -0.4 is 10.1 Å². The minimum atomic E-state index is -0.460. The maximum atomic E-state index is 14.1. The van der Waals surface area contributed by atoms with Crippen LogP contribution in [0.4, 0.5) is 5.69 Å². The Labute approximate surface area is 290 Å². The lowest BCUT2D eigenvalue weighted by molar-refractivity contribution is -0.120. The smallest absolute Gasteiger partial charge is 0.262 e. The fraction of sp³-hybridized carbons (Fsp3) is 0.359. The van der Waals surface area contributed by atoms with E-state index >= 15 is 0 Å². The molecule has 1 aliphatic heterocycles. The molecular formula is C39H40BrClN2O4. The molecule has 0 atom stereocenters. The number of halogens is 2. The zero-order valence-electron chi connectivity index (χ0n) is 27.3. The number of allylic oxidation sites excluding steroid dienone is 4. The fourth-order valence-corrected chi connectivity index (χ4v) is 7.86. The van der Waals surface area contributed by atoms with E-state index in [-0.39, 0.29) is 34.9 Å². The maximum Gasteiger partial charge on any atom is 0.262 e. The molecule has 0 saturated carbocycles. The molecule has 6 rings (SSSR count). The number of rotatable bonds is 8. The molecule has 6 nitrogen and oxygen atoms in total. The van der Waals surface area contributed by atoms with Crippen molar-refractivity contribution in [2.24, 2.45) is 10.8 Å². The third-order valence-electron chi connectivity index (χ3n) is 9.26.